The van der Waals surface area contributed by atoms with E-state index < -0.39 is 5.97 Å². The molecule has 4 heteroatoms. The van der Waals surface area contributed by atoms with Gasteiger partial charge in [-0.05, 0) is 24.6 Å². The number of hydrogen-bond donors (Lipinski definition) is 1. The molecule has 0 unspecified atom stereocenters. The van der Waals surface area contributed by atoms with Gasteiger partial charge in [-0.1, -0.05) is 6.92 Å². The maximum atomic E-state index is 10.7. The monoisotopic (exact) mass is 235 g/mol. The number of thiophene rings is 1. The third kappa shape index (κ3) is 2.33. The number of aromatic carboxylic acids is 1. The zero-order chi connectivity index (χ0) is 11.5. The third-order valence-electron chi connectivity index (χ3n) is 2.40. The maximum absolute atomic E-state index is 10.7. The first kappa shape index (κ1) is 11.0. The molecule has 1 N–H and O–H groups in total. The smallest absolute Gasteiger partial charge is 0.337 e. The van der Waals surface area contributed by atoms with Crippen LogP contribution in [0.4, 0.5) is 0 Å². The van der Waals surface area contributed by atoms with Gasteiger partial charge in [0.15, 0.2) is 0 Å². The van der Waals surface area contributed by atoms with Crippen LogP contribution in [0.2, 0.25) is 0 Å². The quantitative estimate of drug-likeness (QED) is 0.885. The first-order chi connectivity index (χ1) is 7.69. The molecule has 84 valence electrons. The van der Waals surface area contributed by atoms with Crippen molar-refractivity contribution in [3.05, 3.63) is 45.9 Å². The van der Waals surface area contributed by atoms with Gasteiger partial charge >= 0.3 is 5.97 Å². The zero-order valence-corrected chi connectivity index (χ0v) is 9.83. The average molecular weight is 235 g/mol. The molecule has 0 saturated carbocycles. The lowest BCUT2D eigenvalue weighted by Crippen LogP contribution is -1.96. The Kier molecular flexibility index (Phi) is 3.10. The zero-order valence-electron chi connectivity index (χ0n) is 9.01. The van der Waals surface area contributed by atoms with Gasteiger partial charge in [0.2, 0.25) is 0 Å². The molecule has 0 atom stereocenters. The first-order valence-corrected chi connectivity index (χ1v) is 5.97. The van der Waals surface area contributed by atoms with Gasteiger partial charge in [0.1, 0.15) is 0 Å². The van der Waals surface area contributed by atoms with Crippen molar-refractivity contribution in [2.45, 2.75) is 19.9 Å². The molecule has 2 aromatic rings. The molecule has 0 aliphatic heterocycles. The number of carboxylic acids is 1. The lowest BCUT2D eigenvalue weighted by molar-refractivity contribution is 0.0697. The largest absolute Gasteiger partial charge is 0.478 e. The van der Waals surface area contributed by atoms with Crippen molar-refractivity contribution in [1.82, 2.24) is 4.57 Å². The molecule has 0 spiro atoms. The predicted octanol–water partition coefficient (Wildman–Crippen LogP) is 2.86. The average Bonchev–Trinajstić information content (AvgIpc) is 2.87. The summed E-state index contributed by atoms with van der Waals surface area (Å²) in [6.07, 6.45) is 4.51. The normalized spacial score (nSPS) is 10.6. The highest BCUT2D eigenvalue weighted by Gasteiger charge is 2.05. The van der Waals surface area contributed by atoms with E-state index in [1.54, 1.807) is 29.8 Å². The number of rotatable bonds is 4. The molecule has 0 aliphatic rings. The molecule has 0 amide bonds. The predicted molar refractivity (Wildman–Crippen MR) is 64.2 cm³/mol. The van der Waals surface area contributed by atoms with Crippen molar-refractivity contribution >= 4 is 17.3 Å². The highest BCUT2D eigenvalue weighted by atomic mass is 32.1. The van der Waals surface area contributed by atoms with Crippen LogP contribution in [0, 0.1) is 0 Å². The summed E-state index contributed by atoms with van der Waals surface area (Å²) in [6, 6.07) is 5.85. The van der Waals surface area contributed by atoms with E-state index in [9.17, 15) is 4.79 Å². The van der Waals surface area contributed by atoms with E-state index in [-0.39, 0.29) is 0 Å². The Morgan fingerprint density at radius 2 is 2.12 bits per heavy atom. The van der Waals surface area contributed by atoms with E-state index in [4.69, 9.17) is 5.11 Å². The number of aryl methyl sites for hydroxylation is 1. The SMILES string of the molecule is CCc1ccc(Cn2ccc(C(=O)O)c2)s1. The Labute approximate surface area is 98.0 Å². The fourth-order valence-corrected chi connectivity index (χ4v) is 2.51. The van der Waals surface area contributed by atoms with Gasteiger partial charge in [0, 0.05) is 22.1 Å². The molecule has 0 aliphatic carbocycles. The number of carbonyl (C=O) groups is 1. The van der Waals surface area contributed by atoms with Crippen molar-refractivity contribution in [2.75, 3.05) is 0 Å². The van der Waals surface area contributed by atoms with Crippen molar-refractivity contribution in [3.63, 3.8) is 0 Å². The second-order valence-corrected chi connectivity index (χ2v) is 4.85. The Hall–Kier alpha value is -1.55. The van der Waals surface area contributed by atoms with Crippen LogP contribution >= 0.6 is 11.3 Å². The van der Waals surface area contributed by atoms with Gasteiger partial charge in [-0.2, -0.15) is 0 Å². The van der Waals surface area contributed by atoms with E-state index in [2.05, 4.69) is 19.1 Å². The van der Waals surface area contributed by atoms with Crippen LogP contribution in [0.3, 0.4) is 0 Å². The molecule has 0 fully saturated rings. The summed E-state index contributed by atoms with van der Waals surface area (Å²) >= 11 is 1.78. The van der Waals surface area contributed by atoms with Crippen molar-refractivity contribution < 1.29 is 9.90 Å². The second-order valence-electron chi connectivity index (χ2n) is 3.60. The highest BCUT2D eigenvalue weighted by Crippen LogP contribution is 2.18. The van der Waals surface area contributed by atoms with Gasteiger partial charge < -0.3 is 9.67 Å². The fraction of sp³-hybridized carbons (Fsp3) is 0.250. The number of hydrogen-bond acceptors (Lipinski definition) is 2. The third-order valence-corrected chi connectivity index (χ3v) is 3.62. The van der Waals surface area contributed by atoms with E-state index in [0.29, 0.717) is 5.56 Å². The van der Waals surface area contributed by atoms with Crippen LogP contribution < -0.4 is 0 Å². The van der Waals surface area contributed by atoms with Gasteiger partial charge in [0.25, 0.3) is 0 Å². The fourth-order valence-electron chi connectivity index (χ4n) is 1.54. The molecule has 16 heavy (non-hydrogen) atoms. The van der Waals surface area contributed by atoms with Gasteiger partial charge in [-0.3, -0.25) is 0 Å². The van der Waals surface area contributed by atoms with Crippen LogP contribution in [0.1, 0.15) is 27.0 Å². The Morgan fingerprint density at radius 1 is 1.38 bits per heavy atom. The van der Waals surface area contributed by atoms with E-state index in [1.165, 1.54) is 9.75 Å². The molecule has 0 saturated heterocycles. The molecular formula is C12H13NO2S. The molecule has 0 bridgehead atoms. The van der Waals surface area contributed by atoms with E-state index in [1.807, 2.05) is 4.57 Å². The summed E-state index contributed by atoms with van der Waals surface area (Å²) in [6.45, 7) is 2.88. The van der Waals surface area contributed by atoms with Crippen LogP contribution in [-0.2, 0) is 13.0 Å². The van der Waals surface area contributed by atoms with E-state index in [0.717, 1.165) is 13.0 Å². The van der Waals surface area contributed by atoms with E-state index >= 15 is 0 Å². The Bertz CT molecular complexity index is 499. The minimum absolute atomic E-state index is 0.340. The lowest BCUT2D eigenvalue weighted by Gasteiger charge is -1.98. The first-order valence-electron chi connectivity index (χ1n) is 5.15. The van der Waals surface area contributed by atoms with Crippen LogP contribution in [-0.4, -0.2) is 15.6 Å². The number of nitrogens with zero attached hydrogens (tertiary/aromatic N) is 1. The molecule has 2 aromatic heterocycles. The highest BCUT2D eigenvalue weighted by molar-refractivity contribution is 7.11. The molecule has 2 rings (SSSR count). The summed E-state index contributed by atoms with van der Waals surface area (Å²) in [4.78, 5) is 13.3. The Balaban J connectivity index is 2.11. The standard InChI is InChI=1S/C12H13NO2S/c1-2-10-3-4-11(16-10)8-13-6-5-9(7-13)12(14)15/h3-7H,2,8H2,1H3,(H,14,15). The van der Waals surface area contributed by atoms with Crippen molar-refractivity contribution in [1.29, 1.82) is 0 Å². The second kappa shape index (κ2) is 4.53. The minimum atomic E-state index is -0.876. The summed E-state index contributed by atoms with van der Waals surface area (Å²) in [5.74, 6) is -0.876. The van der Waals surface area contributed by atoms with Crippen molar-refractivity contribution in [2.24, 2.45) is 0 Å². The molecule has 3 nitrogen and oxygen atoms in total. The topological polar surface area (TPSA) is 42.2 Å². The number of carboxylic acid groups (broad SMARTS) is 1. The van der Waals surface area contributed by atoms with Gasteiger partial charge in [-0.15, -0.1) is 11.3 Å². The summed E-state index contributed by atoms with van der Waals surface area (Å²) in [5.41, 5.74) is 0.340. The Morgan fingerprint density at radius 3 is 2.69 bits per heavy atom. The van der Waals surface area contributed by atoms with Crippen molar-refractivity contribution in [3.8, 4) is 0 Å². The molecular weight excluding hydrogens is 222 g/mol. The van der Waals surface area contributed by atoms with Gasteiger partial charge in [0.05, 0.1) is 12.1 Å². The van der Waals surface area contributed by atoms with Crippen LogP contribution in [0.15, 0.2) is 30.6 Å². The van der Waals surface area contributed by atoms with Crippen LogP contribution in [0.5, 0.6) is 0 Å². The molecule has 0 radical (unpaired) electrons. The summed E-state index contributed by atoms with van der Waals surface area (Å²) < 4.78 is 1.90. The molecule has 2 heterocycles. The number of aromatic nitrogens is 1. The summed E-state index contributed by atoms with van der Waals surface area (Å²) in [5, 5.41) is 8.80. The summed E-state index contributed by atoms with van der Waals surface area (Å²) in [7, 11) is 0. The van der Waals surface area contributed by atoms with Gasteiger partial charge in [-0.25, -0.2) is 4.79 Å². The molecule has 0 aromatic carbocycles. The lowest BCUT2D eigenvalue weighted by atomic mass is 10.3. The maximum Gasteiger partial charge on any atom is 0.337 e. The van der Waals surface area contributed by atoms with Crippen LogP contribution in [0.25, 0.3) is 0 Å². The minimum Gasteiger partial charge on any atom is -0.478 e.